The molecular formula is C30H35FN2O2S. The number of amides is 2. The molecule has 0 aliphatic heterocycles. The summed E-state index contributed by atoms with van der Waals surface area (Å²) in [5.41, 5.74) is 3.62. The van der Waals surface area contributed by atoms with Crippen LogP contribution in [0.1, 0.15) is 42.5 Å². The molecule has 0 saturated heterocycles. The quantitative estimate of drug-likeness (QED) is 0.332. The summed E-state index contributed by atoms with van der Waals surface area (Å²) in [5.74, 6) is -0.0309. The van der Waals surface area contributed by atoms with Crippen LogP contribution in [0, 0.1) is 12.7 Å². The molecule has 0 aliphatic carbocycles. The van der Waals surface area contributed by atoms with E-state index in [0.717, 1.165) is 23.1 Å². The number of halogens is 1. The zero-order valence-electron chi connectivity index (χ0n) is 21.2. The summed E-state index contributed by atoms with van der Waals surface area (Å²) in [7, 11) is 0. The van der Waals surface area contributed by atoms with Crippen molar-refractivity contribution in [3.8, 4) is 0 Å². The first-order valence-corrected chi connectivity index (χ1v) is 13.5. The van der Waals surface area contributed by atoms with E-state index in [2.05, 4.69) is 5.32 Å². The van der Waals surface area contributed by atoms with Gasteiger partial charge < -0.3 is 10.2 Å². The third-order valence-corrected chi connectivity index (χ3v) is 7.11. The van der Waals surface area contributed by atoms with Crippen LogP contribution in [0.3, 0.4) is 0 Å². The summed E-state index contributed by atoms with van der Waals surface area (Å²) in [6.07, 6.45) is 1.22. The highest BCUT2D eigenvalue weighted by molar-refractivity contribution is 7.99. The molecule has 0 bridgehead atoms. The number of nitrogens with zero attached hydrogens (tertiary/aromatic N) is 1. The van der Waals surface area contributed by atoms with Gasteiger partial charge in [-0.1, -0.05) is 85.3 Å². The van der Waals surface area contributed by atoms with Crippen molar-refractivity contribution < 1.29 is 14.0 Å². The lowest BCUT2D eigenvalue weighted by Gasteiger charge is -2.32. The van der Waals surface area contributed by atoms with Crippen molar-refractivity contribution in [2.45, 2.75) is 58.0 Å². The Hall–Kier alpha value is -3.12. The third kappa shape index (κ3) is 8.23. The number of carbonyl (C=O) groups is 2. The molecule has 190 valence electrons. The number of hydrogen-bond donors (Lipinski definition) is 1. The first kappa shape index (κ1) is 27.5. The number of thioether (sulfide) groups is 1. The topological polar surface area (TPSA) is 49.4 Å². The third-order valence-electron chi connectivity index (χ3n) is 6.15. The van der Waals surface area contributed by atoms with Crippen LogP contribution < -0.4 is 5.32 Å². The Balaban J connectivity index is 1.86. The first-order chi connectivity index (χ1) is 17.4. The van der Waals surface area contributed by atoms with Gasteiger partial charge in [-0.15, -0.1) is 11.8 Å². The first-order valence-electron chi connectivity index (χ1n) is 12.4. The monoisotopic (exact) mass is 506 g/mol. The summed E-state index contributed by atoms with van der Waals surface area (Å²) < 4.78 is 14.1. The van der Waals surface area contributed by atoms with Gasteiger partial charge >= 0.3 is 0 Å². The van der Waals surface area contributed by atoms with Crippen molar-refractivity contribution in [3.63, 3.8) is 0 Å². The average Bonchev–Trinajstić information content (AvgIpc) is 2.87. The molecule has 2 atom stereocenters. The molecule has 4 nitrogen and oxygen atoms in total. The minimum Gasteiger partial charge on any atom is -0.352 e. The average molecular weight is 507 g/mol. The minimum absolute atomic E-state index is 0.00197. The lowest BCUT2D eigenvalue weighted by atomic mass is 10.0. The van der Waals surface area contributed by atoms with Gasteiger partial charge in [0.05, 0.1) is 5.75 Å². The normalized spacial score (nSPS) is 12.6. The van der Waals surface area contributed by atoms with Crippen LogP contribution in [-0.4, -0.2) is 34.6 Å². The number of hydrogen-bond acceptors (Lipinski definition) is 3. The second kappa shape index (κ2) is 13.8. The zero-order chi connectivity index (χ0) is 25.9. The van der Waals surface area contributed by atoms with E-state index < -0.39 is 6.04 Å². The fraction of sp³-hybridized carbons (Fsp3) is 0.333. The van der Waals surface area contributed by atoms with Crippen molar-refractivity contribution in [1.29, 1.82) is 0 Å². The number of rotatable bonds is 12. The zero-order valence-corrected chi connectivity index (χ0v) is 22.1. The van der Waals surface area contributed by atoms with E-state index in [1.807, 2.05) is 75.4 Å². The highest BCUT2D eigenvalue weighted by Gasteiger charge is 2.31. The molecular weight excluding hydrogens is 471 g/mol. The number of carbonyl (C=O) groups excluding carboxylic acids is 2. The highest BCUT2D eigenvalue weighted by Crippen LogP contribution is 2.20. The van der Waals surface area contributed by atoms with Crippen LogP contribution in [0.4, 0.5) is 4.39 Å². The summed E-state index contributed by atoms with van der Waals surface area (Å²) in [6.45, 7) is 6.32. The van der Waals surface area contributed by atoms with Crippen molar-refractivity contribution in [2.24, 2.45) is 0 Å². The van der Waals surface area contributed by atoms with E-state index in [1.165, 1.54) is 17.8 Å². The Morgan fingerprint density at radius 2 is 1.67 bits per heavy atom. The molecule has 0 spiro atoms. The van der Waals surface area contributed by atoms with Gasteiger partial charge in [-0.25, -0.2) is 4.39 Å². The van der Waals surface area contributed by atoms with Crippen LogP contribution in [-0.2, 0) is 28.3 Å². The Morgan fingerprint density at radius 1 is 0.972 bits per heavy atom. The molecule has 3 rings (SSSR count). The molecule has 6 heteroatoms. The van der Waals surface area contributed by atoms with E-state index in [4.69, 9.17) is 0 Å². The standard InChI is InChI=1S/C30H35FN2O2S/c1-4-23(3)32-30(35)28(18-24-12-6-5-7-13-24)33(19-25-14-10-11-22(2)17-25)29(34)21-36-20-26-15-8-9-16-27(26)31/h5-17,23,28H,4,18-21H2,1-3H3,(H,32,35). The van der Waals surface area contributed by atoms with E-state index >= 15 is 0 Å². The largest absolute Gasteiger partial charge is 0.352 e. The van der Waals surface area contributed by atoms with Gasteiger partial charge in [-0.3, -0.25) is 9.59 Å². The van der Waals surface area contributed by atoms with Crippen molar-refractivity contribution >= 4 is 23.6 Å². The maximum Gasteiger partial charge on any atom is 0.243 e. The fourth-order valence-electron chi connectivity index (χ4n) is 3.95. The highest BCUT2D eigenvalue weighted by atomic mass is 32.2. The Labute approximate surface area is 218 Å². The molecule has 0 saturated carbocycles. The Bertz CT molecular complexity index is 1140. The molecule has 2 unspecified atom stereocenters. The molecule has 1 N–H and O–H groups in total. The second-order valence-corrected chi connectivity index (χ2v) is 10.1. The molecule has 2 amide bonds. The predicted octanol–water partition coefficient (Wildman–Crippen LogP) is 5.92. The SMILES string of the molecule is CCC(C)NC(=O)C(Cc1ccccc1)N(Cc1cccc(C)c1)C(=O)CSCc1ccccc1F. The van der Waals surface area contributed by atoms with Crippen molar-refractivity contribution in [2.75, 3.05) is 5.75 Å². The maximum atomic E-state index is 14.1. The lowest BCUT2D eigenvalue weighted by Crippen LogP contribution is -2.52. The van der Waals surface area contributed by atoms with Crippen LogP contribution in [0.25, 0.3) is 0 Å². The van der Waals surface area contributed by atoms with Crippen LogP contribution >= 0.6 is 11.8 Å². The van der Waals surface area contributed by atoms with Crippen LogP contribution in [0.15, 0.2) is 78.9 Å². The van der Waals surface area contributed by atoms with E-state index in [0.29, 0.717) is 24.3 Å². The Morgan fingerprint density at radius 3 is 2.36 bits per heavy atom. The van der Waals surface area contributed by atoms with Crippen molar-refractivity contribution in [3.05, 3.63) is 107 Å². The van der Waals surface area contributed by atoms with Crippen LogP contribution in [0.2, 0.25) is 0 Å². The molecule has 0 radical (unpaired) electrons. The molecule has 0 aromatic heterocycles. The molecule has 3 aromatic carbocycles. The van der Waals surface area contributed by atoms with Crippen LogP contribution in [0.5, 0.6) is 0 Å². The molecule has 0 heterocycles. The van der Waals surface area contributed by atoms with Gasteiger partial charge in [0.15, 0.2) is 0 Å². The molecule has 36 heavy (non-hydrogen) atoms. The van der Waals surface area contributed by atoms with E-state index in [9.17, 15) is 14.0 Å². The summed E-state index contributed by atoms with van der Waals surface area (Å²) >= 11 is 1.36. The van der Waals surface area contributed by atoms with Gasteiger partial charge in [0, 0.05) is 24.8 Å². The smallest absolute Gasteiger partial charge is 0.243 e. The maximum absolute atomic E-state index is 14.1. The lowest BCUT2D eigenvalue weighted by molar-refractivity contribution is -0.139. The number of aryl methyl sites for hydroxylation is 1. The second-order valence-electron chi connectivity index (χ2n) is 9.12. The minimum atomic E-state index is -0.663. The van der Waals surface area contributed by atoms with E-state index in [-0.39, 0.29) is 29.4 Å². The van der Waals surface area contributed by atoms with Gasteiger partial charge in [-0.2, -0.15) is 0 Å². The predicted molar refractivity (Wildman–Crippen MR) is 146 cm³/mol. The fourth-order valence-corrected chi connectivity index (χ4v) is 4.85. The van der Waals surface area contributed by atoms with Gasteiger partial charge in [0.1, 0.15) is 11.9 Å². The van der Waals surface area contributed by atoms with E-state index in [1.54, 1.807) is 23.1 Å². The number of benzene rings is 3. The number of nitrogens with one attached hydrogen (secondary N) is 1. The molecule has 3 aromatic rings. The summed E-state index contributed by atoms with van der Waals surface area (Å²) in [4.78, 5) is 28.8. The summed E-state index contributed by atoms with van der Waals surface area (Å²) in [5, 5.41) is 3.08. The van der Waals surface area contributed by atoms with Gasteiger partial charge in [0.25, 0.3) is 0 Å². The van der Waals surface area contributed by atoms with Gasteiger partial charge in [0.2, 0.25) is 11.8 Å². The van der Waals surface area contributed by atoms with Crippen molar-refractivity contribution in [1.82, 2.24) is 10.2 Å². The van der Waals surface area contributed by atoms with Gasteiger partial charge in [-0.05, 0) is 43.0 Å². The Kier molecular flexibility index (Phi) is 10.6. The summed E-state index contributed by atoms with van der Waals surface area (Å²) in [6, 6.07) is 23.7. The molecule has 0 aliphatic rings. The molecule has 0 fully saturated rings.